The average Bonchev–Trinajstić information content (AvgIpc) is 3.25. The summed E-state index contributed by atoms with van der Waals surface area (Å²) in [7, 11) is 0. The molecule has 0 fully saturated rings. The minimum atomic E-state index is -0.281. The maximum atomic E-state index is 12.3. The van der Waals surface area contributed by atoms with Crippen molar-refractivity contribution in [3.63, 3.8) is 0 Å². The molecule has 4 aromatic rings. The Morgan fingerprint density at radius 3 is 2.42 bits per heavy atom. The third kappa shape index (κ3) is 5.57. The number of carbonyl (C=O) groups is 1. The molecule has 3 aromatic carbocycles. The maximum absolute atomic E-state index is 12.3. The van der Waals surface area contributed by atoms with Gasteiger partial charge in [0, 0.05) is 27.2 Å². The fourth-order valence-corrected chi connectivity index (χ4v) is 3.66. The Balaban J connectivity index is 1.37. The molecule has 0 aliphatic rings. The average molecular weight is 447 g/mol. The second-order valence-corrected chi connectivity index (χ2v) is 8.15. The number of nitrogens with zero attached hydrogens (tertiary/aromatic N) is 2. The summed E-state index contributed by atoms with van der Waals surface area (Å²) in [4.78, 5) is 16.9. The van der Waals surface area contributed by atoms with Crippen molar-refractivity contribution in [1.29, 1.82) is 0 Å². The van der Waals surface area contributed by atoms with Crippen molar-refractivity contribution < 1.29 is 4.79 Å². The summed E-state index contributed by atoms with van der Waals surface area (Å²) in [6, 6.07) is 22.6. The molecule has 5 nitrogen and oxygen atoms in total. The molecule has 0 aliphatic heterocycles. The van der Waals surface area contributed by atoms with Crippen LogP contribution in [0.25, 0.3) is 11.3 Å². The number of amides is 1. The lowest BCUT2D eigenvalue weighted by Crippen LogP contribution is -2.17. The largest absolute Gasteiger partial charge is 0.332 e. The van der Waals surface area contributed by atoms with Crippen LogP contribution in [0.4, 0.5) is 10.8 Å². The van der Waals surface area contributed by atoms with E-state index in [9.17, 15) is 4.79 Å². The minimum Gasteiger partial charge on any atom is -0.332 e. The number of aryl methyl sites for hydroxylation is 1. The number of benzene rings is 3. The molecule has 1 aromatic heterocycles. The van der Waals surface area contributed by atoms with E-state index in [4.69, 9.17) is 11.6 Å². The van der Waals surface area contributed by atoms with Gasteiger partial charge in [-0.3, -0.25) is 4.79 Å². The molecule has 0 saturated heterocycles. The zero-order valence-electron chi connectivity index (χ0n) is 16.7. The number of aromatic nitrogens is 1. The molecule has 0 spiro atoms. The lowest BCUT2D eigenvalue weighted by Gasteiger charge is -2.03. The molecular formula is C24H19ClN4OS. The van der Waals surface area contributed by atoms with Crippen molar-refractivity contribution in [2.24, 2.45) is 5.10 Å². The zero-order chi connectivity index (χ0) is 21.6. The SMILES string of the molecule is Cc1ccc(Nc2nc(-c3ccc(C(=O)N/N=C\c4ccc(Cl)cc4)cc3)cs2)cc1. The van der Waals surface area contributed by atoms with E-state index in [1.54, 1.807) is 30.5 Å². The van der Waals surface area contributed by atoms with Crippen LogP contribution < -0.4 is 10.7 Å². The van der Waals surface area contributed by atoms with Gasteiger partial charge >= 0.3 is 0 Å². The van der Waals surface area contributed by atoms with Gasteiger partial charge in [0.25, 0.3) is 5.91 Å². The number of rotatable bonds is 6. The third-order valence-corrected chi connectivity index (χ3v) is 5.51. The summed E-state index contributed by atoms with van der Waals surface area (Å²) in [5.74, 6) is -0.281. The quantitative estimate of drug-likeness (QED) is 0.270. The highest BCUT2D eigenvalue weighted by Crippen LogP contribution is 2.27. The monoisotopic (exact) mass is 446 g/mol. The molecule has 1 heterocycles. The Bertz CT molecular complexity index is 1200. The summed E-state index contributed by atoms with van der Waals surface area (Å²) in [6.45, 7) is 2.06. The van der Waals surface area contributed by atoms with Crippen LogP contribution >= 0.6 is 22.9 Å². The van der Waals surface area contributed by atoms with Crippen LogP contribution in [0.3, 0.4) is 0 Å². The van der Waals surface area contributed by atoms with Crippen molar-refractivity contribution >= 4 is 45.9 Å². The molecule has 0 unspecified atom stereocenters. The molecule has 1 amide bonds. The molecule has 2 N–H and O–H groups in total. The van der Waals surface area contributed by atoms with Gasteiger partial charge in [-0.1, -0.05) is 53.6 Å². The second-order valence-electron chi connectivity index (χ2n) is 6.86. The van der Waals surface area contributed by atoms with Gasteiger partial charge in [0.15, 0.2) is 5.13 Å². The van der Waals surface area contributed by atoms with Crippen LogP contribution in [0.2, 0.25) is 5.02 Å². The Morgan fingerprint density at radius 2 is 1.71 bits per heavy atom. The van der Waals surface area contributed by atoms with Crippen LogP contribution in [0.15, 0.2) is 83.3 Å². The molecule has 0 saturated carbocycles. The highest BCUT2D eigenvalue weighted by Gasteiger charge is 2.08. The van der Waals surface area contributed by atoms with E-state index in [2.05, 4.69) is 39.9 Å². The van der Waals surface area contributed by atoms with Crippen molar-refractivity contribution in [3.8, 4) is 11.3 Å². The van der Waals surface area contributed by atoms with Gasteiger partial charge in [-0.15, -0.1) is 11.3 Å². The van der Waals surface area contributed by atoms with Crippen LogP contribution in [-0.4, -0.2) is 17.1 Å². The first kappa shape index (κ1) is 20.8. The third-order valence-electron chi connectivity index (χ3n) is 4.50. The van der Waals surface area contributed by atoms with Gasteiger partial charge < -0.3 is 5.32 Å². The summed E-state index contributed by atoms with van der Waals surface area (Å²) < 4.78 is 0. The molecule has 0 atom stereocenters. The normalized spacial score (nSPS) is 10.9. The zero-order valence-corrected chi connectivity index (χ0v) is 18.2. The fraction of sp³-hybridized carbons (Fsp3) is 0.0417. The molecule has 0 radical (unpaired) electrons. The smallest absolute Gasteiger partial charge is 0.271 e. The number of nitrogens with one attached hydrogen (secondary N) is 2. The number of hydrogen-bond acceptors (Lipinski definition) is 5. The van der Waals surface area contributed by atoms with Gasteiger partial charge in [0.1, 0.15) is 0 Å². The lowest BCUT2D eigenvalue weighted by molar-refractivity contribution is 0.0955. The van der Waals surface area contributed by atoms with Gasteiger partial charge in [-0.2, -0.15) is 5.10 Å². The molecule has 7 heteroatoms. The minimum absolute atomic E-state index is 0.281. The number of hydrogen-bond donors (Lipinski definition) is 2. The lowest BCUT2D eigenvalue weighted by atomic mass is 10.1. The molecule has 0 bridgehead atoms. The predicted octanol–water partition coefficient (Wildman–Crippen LogP) is 6.28. The highest BCUT2D eigenvalue weighted by atomic mass is 35.5. The fourth-order valence-electron chi connectivity index (χ4n) is 2.80. The van der Waals surface area contributed by atoms with E-state index in [0.717, 1.165) is 27.6 Å². The van der Waals surface area contributed by atoms with Crippen LogP contribution in [0.1, 0.15) is 21.5 Å². The maximum Gasteiger partial charge on any atom is 0.271 e. The predicted molar refractivity (Wildman–Crippen MR) is 129 cm³/mol. The standard InChI is InChI=1S/C24H19ClN4OS/c1-16-2-12-21(13-3-16)27-24-28-22(15-31-24)18-6-8-19(9-7-18)23(30)29-26-14-17-4-10-20(25)11-5-17/h2-15H,1H3,(H,27,28)(H,29,30)/b26-14-. The van der Waals surface area contributed by atoms with E-state index < -0.39 is 0 Å². The first-order valence-electron chi connectivity index (χ1n) is 9.55. The number of thiazole rings is 1. The topological polar surface area (TPSA) is 66.4 Å². The first-order valence-corrected chi connectivity index (χ1v) is 10.8. The molecule has 0 aliphatic carbocycles. The van der Waals surface area contributed by atoms with E-state index in [-0.39, 0.29) is 5.91 Å². The molecule has 154 valence electrons. The van der Waals surface area contributed by atoms with Gasteiger partial charge in [0.2, 0.25) is 0 Å². The summed E-state index contributed by atoms with van der Waals surface area (Å²) in [5.41, 5.74) is 7.90. The van der Waals surface area contributed by atoms with Crippen molar-refractivity contribution in [2.45, 2.75) is 6.92 Å². The van der Waals surface area contributed by atoms with Crippen LogP contribution in [0, 0.1) is 6.92 Å². The van der Waals surface area contributed by atoms with Crippen molar-refractivity contribution in [3.05, 3.63) is 99.9 Å². The first-order chi connectivity index (χ1) is 15.1. The molecule has 31 heavy (non-hydrogen) atoms. The number of hydrazone groups is 1. The highest BCUT2D eigenvalue weighted by molar-refractivity contribution is 7.14. The Hall–Kier alpha value is -3.48. The van der Waals surface area contributed by atoms with Gasteiger partial charge in [0.05, 0.1) is 11.9 Å². The van der Waals surface area contributed by atoms with Gasteiger partial charge in [-0.25, -0.2) is 10.4 Å². The number of anilines is 2. The number of halogens is 1. The molecular weight excluding hydrogens is 428 g/mol. The van der Waals surface area contributed by atoms with E-state index in [1.165, 1.54) is 16.9 Å². The van der Waals surface area contributed by atoms with E-state index in [0.29, 0.717) is 10.6 Å². The van der Waals surface area contributed by atoms with Gasteiger partial charge in [-0.05, 0) is 48.9 Å². The van der Waals surface area contributed by atoms with Crippen LogP contribution in [-0.2, 0) is 0 Å². The second kappa shape index (κ2) is 9.55. The van der Waals surface area contributed by atoms with Crippen molar-refractivity contribution in [2.75, 3.05) is 5.32 Å². The van der Waals surface area contributed by atoms with E-state index in [1.807, 2.05) is 41.8 Å². The Labute approximate surface area is 189 Å². The number of carbonyl (C=O) groups excluding carboxylic acids is 1. The van der Waals surface area contributed by atoms with E-state index >= 15 is 0 Å². The Morgan fingerprint density at radius 1 is 1.00 bits per heavy atom. The summed E-state index contributed by atoms with van der Waals surface area (Å²) in [6.07, 6.45) is 1.57. The Kier molecular flexibility index (Phi) is 6.40. The molecule has 4 rings (SSSR count). The summed E-state index contributed by atoms with van der Waals surface area (Å²) in [5, 5.41) is 10.8. The van der Waals surface area contributed by atoms with Crippen molar-refractivity contribution in [1.82, 2.24) is 10.4 Å². The summed E-state index contributed by atoms with van der Waals surface area (Å²) >= 11 is 7.39. The van der Waals surface area contributed by atoms with Crippen LogP contribution in [0.5, 0.6) is 0 Å².